The van der Waals surface area contributed by atoms with Crippen LogP contribution in [0.2, 0.25) is 0 Å². The lowest BCUT2D eigenvalue weighted by Gasteiger charge is -2.45. The van der Waals surface area contributed by atoms with Crippen LogP contribution in [0.25, 0.3) is 11.1 Å². The average molecular weight is 491 g/mol. The van der Waals surface area contributed by atoms with E-state index in [0.29, 0.717) is 0 Å². The van der Waals surface area contributed by atoms with E-state index >= 15 is 0 Å². The first-order valence-electron chi connectivity index (χ1n) is 13.0. The summed E-state index contributed by atoms with van der Waals surface area (Å²) >= 11 is 0. The van der Waals surface area contributed by atoms with Crippen molar-refractivity contribution in [2.75, 3.05) is 11.5 Å². The van der Waals surface area contributed by atoms with Crippen LogP contribution in [0.4, 0.5) is 11.4 Å². The molecule has 6 rings (SSSR count). The largest absolute Gasteiger partial charge is 0.399 e. The number of benzene rings is 5. The van der Waals surface area contributed by atoms with Crippen molar-refractivity contribution in [2.24, 2.45) is 0 Å². The summed E-state index contributed by atoms with van der Waals surface area (Å²) in [7, 11) is 0. The summed E-state index contributed by atoms with van der Waals surface area (Å²) in [5.74, 6) is 0.00538. The Kier molecular flexibility index (Phi) is 6.15. The van der Waals surface area contributed by atoms with Gasteiger partial charge in [-0.3, -0.25) is 0 Å². The Balaban J connectivity index is 1.74. The minimum atomic E-state index is -0.493. The Hall–Kier alpha value is -4.82. The predicted molar refractivity (Wildman–Crippen MR) is 161 cm³/mol. The summed E-state index contributed by atoms with van der Waals surface area (Å²) in [4.78, 5) is 0. The summed E-state index contributed by atoms with van der Waals surface area (Å²) in [6.07, 6.45) is 4.82. The van der Waals surface area contributed by atoms with Gasteiger partial charge in [-0.25, -0.2) is 0 Å². The standard InChI is InChI=1S/C36H30N2/c37-32-20-16-27(17-21-32)34-24-29(26-10-4-1-5-11-26)25-36(30-14-8-3-9-15-30,31-18-22-33(38)23-19-31)35(34)28-12-6-2-7-13-28/h1-25,35H,37-38H2. The van der Waals surface area contributed by atoms with Crippen molar-refractivity contribution in [3.05, 3.63) is 179 Å². The second kappa shape index (κ2) is 9.91. The molecule has 1 aliphatic carbocycles. The Morgan fingerprint density at radius 3 is 1.58 bits per heavy atom. The number of anilines is 2. The van der Waals surface area contributed by atoms with Gasteiger partial charge in [-0.15, -0.1) is 0 Å². The maximum Gasteiger partial charge on any atom is 0.0500 e. The minimum Gasteiger partial charge on any atom is -0.399 e. The van der Waals surface area contributed by atoms with Crippen molar-refractivity contribution < 1.29 is 0 Å². The Labute approximate surface area is 224 Å². The molecular weight excluding hydrogens is 460 g/mol. The molecule has 5 aromatic rings. The number of hydrogen-bond donors (Lipinski definition) is 2. The van der Waals surface area contributed by atoms with Gasteiger partial charge in [0.1, 0.15) is 0 Å². The molecule has 0 radical (unpaired) electrons. The lowest BCUT2D eigenvalue weighted by Crippen LogP contribution is -2.36. The molecule has 2 atom stereocenters. The van der Waals surface area contributed by atoms with Gasteiger partial charge in [-0.1, -0.05) is 127 Å². The molecule has 0 saturated carbocycles. The zero-order valence-corrected chi connectivity index (χ0v) is 21.2. The molecule has 184 valence electrons. The number of nitrogen functional groups attached to an aromatic ring is 2. The van der Waals surface area contributed by atoms with Gasteiger partial charge >= 0.3 is 0 Å². The summed E-state index contributed by atoms with van der Waals surface area (Å²) < 4.78 is 0. The third-order valence-electron chi connectivity index (χ3n) is 7.58. The van der Waals surface area contributed by atoms with Gasteiger partial charge < -0.3 is 11.5 Å². The van der Waals surface area contributed by atoms with E-state index in [1.807, 2.05) is 24.3 Å². The second-order valence-corrected chi connectivity index (χ2v) is 9.89. The quantitative estimate of drug-likeness (QED) is 0.245. The number of rotatable bonds is 5. The van der Waals surface area contributed by atoms with E-state index in [1.165, 1.54) is 33.4 Å². The molecule has 0 amide bonds. The smallest absolute Gasteiger partial charge is 0.0500 e. The molecule has 38 heavy (non-hydrogen) atoms. The summed E-state index contributed by atoms with van der Waals surface area (Å²) in [5.41, 5.74) is 21.8. The van der Waals surface area contributed by atoms with Gasteiger partial charge in [0, 0.05) is 22.7 Å². The molecule has 0 bridgehead atoms. The summed E-state index contributed by atoms with van der Waals surface area (Å²) in [6.45, 7) is 0. The maximum atomic E-state index is 6.20. The van der Waals surface area contributed by atoms with Crippen LogP contribution in [0, 0.1) is 0 Å². The monoisotopic (exact) mass is 490 g/mol. The van der Waals surface area contributed by atoms with Crippen LogP contribution in [0.15, 0.2) is 152 Å². The lowest BCUT2D eigenvalue weighted by atomic mass is 9.57. The molecule has 0 saturated heterocycles. The lowest BCUT2D eigenvalue weighted by molar-refractivity contribution is 0.580. The van der Waals surface area contributed by atoms with Crippen LogP contribution in [0.1, 0.15) is 33.7 Å². The summed E-state index contributed by atoms with van der Waals surface area (Å²) in [5, 5.41) is 0. The normalized spacial score (nSPS) is 18.9. The van der Waals surface area contributed by atoms with Crippen molar-refractivity contribution in [3.8, 4) is 0 Å². The van der Waals surface area contributed by atoms with Crippen molar-refractivity contribution in [3.63, 3.8) is 0 Å². The van der Waals surface area contributed by atoms with Crippen molar-refractivity contribution in [1.29, 1.82) is 0 Å². The van der Waals surface area contributed by atoms with Crippen molar-refractivity contribution in [2.45, 2.75) is 11.3 Å². The van der Waals surface area contributed by atoms with Crippen LogP contribution < -0.4 is 11.5 Å². The predicted octanol–water partition coefficient (Wildman–Crippen LogP) is 8.10. The first-order chi connectivity index (χ1) is 18.6. The molecule has 2 unspecified atom stereocenters. The highest BCUT2D eigenvalue weighted by molar-refractivity contribution is 5.92. The van der Waals surface area contributed by atoms with Gasteiger partial charge in [0.05, 0.1) is 0 Å². The van der Waals surface area contributed by atoms with Crippen LogP contribution in [-0.4, -0.2) is 0 Å². The first kappa shape index (κ1) is 23.6. The molecular formula is C36H30N2. The van der Waals surface area contributed by atoms with E-state index < -0.39 is 5.41 Å². The highest BCUT2D eigenvalue weighted by Gasteiger charge is 2.45. The minimum absolute atomic E-state index is 0.00538. The van der Waals surface area contributed by atoms with Crippen LogP contribution in [-0.2, 0) is 5.41 Å². The Morgan fingerprint density at radius 2 is 0.974 bits per heavy atom. The van der Waals surface area contributed by atoms with Gasteiger partial charge in [0.15, 0.2) is 0 Å². The van der Waals surface area contributed by atoms with Crippen molar-refractivity contribution in [1.82, 2.24) is 0 Å². The number of hydrogen-bond acceptors (Lipinski definition) is 2. The molecule has 0 aromatic heterocycles. The fourth-order valence-electron chi connectivity index (χ4n) is 5.82. The molecule has 5 aromatic carbocycles. The van der Waals surface area contributed by atoms with E-state index in [2.05, 4.69) is 127 Å². The van der Waals surface area contributed by atoms with Gasteiger partial charge in [-0.2, -0.15) is 0 Å². The molecule has 2 nitrogen and oxygen atoms in total. The topological polar surface area (TPSA) is 52.0 Å². The van der Waals surface area contributed by atoms with Crippen LogP contribution in [0.3, 0.4) is 0 Å². The highest BCUT2D eigenvalue weighted by Crippen LogP contribution is 2.56. The molecule has 0 heterocycles. The molecule has 0 spiro atoms. The Bertz CT molecular complexity index is 1580. The fraction of sp³-hybridized carbons (Fsp3) is 0.0556. The van der Waals surface area contributed by atoms with E-state index in [0.717, 1.165) is 16.9 Å². The summed E-state index contributed by atoms with van der Waals surface area (Å²) in [6, 6.07) is 49.0. The van der Waals surface area contributed by atoms with E-state index in [-0.39, 0.29) is 5.92 Å². The molecule has 0 aliphatic heterocycles. The van der Waals surface area contributed by atoms with Crippen molar-refractivity contribution >= 4 is 22.5 Å². The van der Waals surface area contributed by atoms with E-state index in [1.54, 1.807) is 0 Å². The highest BCUT2D eigenvalue weighted by atomic mass is 14.6. The third kappa shape index (κ3) is 4.21. The third-order valence-corrected chi connectivity index (χ3v) is 7.58. The average Bonchev–Trinajstić information content (AvgIpc) is 2.98. The van der Waals surface area contributed by atoms with Gasteiger partial charge in [0.2, 0.25) is 0 Å². The zero-order chi connectivity index (χ0) is 26.0. The van der Waals surface area contributed by atoms with E-state index in [4.69, 9.17) is 11.5 Å². The molecule has 2 heteroatoms. The molecule has 0 fully saturated rings. The first-order valence-corrected chi connectivity index (χ1v) is 13.0. The number of nitrogens with two attached hydrogens (primary N) is 2. The maximum absolute atomic E-state index is 6.20. The van der Waals surface area contributed by atoms with Crippen LogP contribution >= 0.6 is 0 Å². The molecule has 4 N–H and O–H groups in total. The van der Waals surface area contributed by atoms with Gasteiger partial charge in [-0.05, 0) is 63.2 Å². The molecule has 1 aliphatic rings. The zero-order valence-electron chi connectivity index (χ0n) is 21.2. The van der Waals surface area contributed by atoms with E-state index in [9.17, 15) is 0 Å². The fourth-order valence-corrected chi connectivity index (χ4v) is 5.82. The van der Waals surface area contributed by atoms with Crippen LogP contribution in [0.5, 0.6) is 0 Å². The van der Waals surface area contributed by atoms with Gasteiger partial charge in [0.25, 0.3) is 0 Å². The number of allylic oxidation sites excluding steroid dienone is 4. The second-order valence-electron chi connectivity index (χ2n) is 9.89. The SMILES string of the molecule is Nc1ccc(C2=CC(c3ccccc3)=CC(c3ccccc3)(c3ccc(N)cc3)C2c2ccccc2)cc1. The Morgan fingerprint density at radius 1 is 0.474 bits per heavy atom.